The summed E-state index contributed by atoms with van der Waals surface area (Å²) in [5, 5.41) is 0. The summed E-state index contributed by atoms with van der Waals surface area (Å²) < 4.78 is 23.5. The van der Waals surface area contributed by atoms with E-state index in [1.165, 1.54) is 0 Å². The number of ether oxygens (including phenoxy) is 1. The van der Waals surface area contributed by atoms with Gasteiger partial charge < -0.3 is 14.1 Å². The Morgan fingerprint density at radius 3 is 2.80 bits per heavy atom. The van der Waals surface area contributed by atoms with Gasteiger partial charge in [0.1, 0.15) is 11.5 Å². The number of piperidine rings is 1. The minimum atomic E-state index is -1.42. The zero-order chi connectivity index (χ0) is 21.7. The van der Waals surface area contributed by atoms with Crippen LogP contribution in [0.4, 0.5) is 0 Å². The summed E-state index contributed by atoms with van der Waals surface area (Å²) in [6.07, 6.45) is 1.45. The van der Waals surface area contributed by atoms with E-state index in [9.17, 15) is 13.8 Å². The summed E-state index contributed by atoms with van der Waals surface area (Å²) in [7, 11) is -1.42. The molecule has 0 spiro atoms. The molecule has 8 heteroatoms. The van der Waals surface area contributed by atoms with Crippen LogP contribution < -0.4 is 0 Å². The number of likely N-dealkylation sites (tertiary alicyclic amines) is 1. The molecule has 162 valence electrons. The number of benzene rings is 1. The summed E-state index contributed by atoms with van der Waals surface area (Å²) in [5.41, 5.74) is 2.54. The van der Waals surface area contributed by atoms with Crippen LogP contribution in [0.25, 0.3) is 11.5 Å². The van der Waals surface area contributed by atoms with Crippen LogP contribution in [0.1, 0.15) is 36.8 Å². The van der Waals surface area contributed by atoms with Crippen molar-refractivity contribution < 1.29 is 23.0 Å². The van der Waals surface area contributed by atoms with E-state index >= 15 is 0 Å². The van der Waals surface area contributed by atoms with E-state index in [2.05, 4.69) is 4.98 Å². The molecule has 1 amide bonds. The lowest BCUT2D eigenvalue weighted by atomic mass is 9.98. The minimum absolute atomic E-state index is 0.0957. The van der Waals surface area contributed by atoms with Crippen LogP contribution in [0, 0.1) is 19.8 Å². The van der Waals surface area contributed by atoms with Crippen molar-refractivity contribution in [2.75, 3.05) is 25.4 Å². The van der Waals surface area contributed by atoms with Gasteiger partial charge in [0.15, 0.2) is 0 Å². The predicted octanol–water partition coefficient (Wildman–Crippen LogP) is 3.01. The summed E-state index contributed by atoms with van der Waals surface area (Å²) in [6.45, 7) is 6.77. The van der Waals surface area contributed by atoms with Crippen molar-refractivity contribution in [3.63, 3.8) is 0 Å². The smallest absolute Gasteiger partial charge is 0.310 e. The Hall–Kier alpha value is -2.48. The van der Waals surface area contributed by atoms with Crippen molar-refractivity contribution in [1.29, 1.82) is 0 Å². The minimum Gasteiger partial charge on any atom is -0.466 e. The molecular weight excluding hydrogens is 404 g/mol. The Balaban J connectivity index is 1.60. The standard InChI is InChI=1S/C22H28N2O5S/c1-4-28-22(26)17-9-7-11-24(12-17)20(25)14-30(27)13-19-16(3)29-21(23-19)18-10-6-5-8-15(18)2/h5-6,8,10,17H,4,7,9,11-14H2,1-3H3/t17-,30-/m0/s1. The van der Waals surface area contributed by atoms with Gasteiger partial charge >= 0.3 is 5.97 Å². The second kappa shape index (κ2) is 10.0. The van der Waals surface area contributed by atoms with Crippen LogP contribution in [-0.4, -0.2) is 51.4 Å². The normalized spacial score (nSPS) is 17.6. The lowest BCUT2D eigenvalue weighted by molar-refractivity contribution is -0.151. The number of aryl methyl sites for hydroxylation is 2. The number of hydrogen-bond donors (Lipinski definition) is 0. The molecule has 0 N–H and O–H groups in total. The second-order valence-corrected chi connectivity index (χ2v) is 8.95. The monoisotopic (exact) mass is 432 g/mol. The van der Waals surface area contributed by atoms with Crippen molar-refractivity contribution in [1.82, 2.24) is 9.88 Å². The molecule has 2 heterocycles. The Bertz CT molecular complexity index is 939. The lowest BCUT2D eigenvalue weighted by Gasteiger charge is -2.31. The van der Waals surface area contributed by atoms with E-state index in [-0.39, 0.29) is 29.3 Å². The maximum atomic E-state index is 12.6. The quantitative estimate of drug-likeness (QED) is 0.625. The fourth-order valence-electron chi connectivity index (χ4n) is 3.58. The Labute approximate surface area is 179 Å². The highest BCUT2D eigenvalue weighted by atomic mass is 32.2. The Kier molecular flexibility index (Phi) is 7.42. The average molecular weight is 433 g/mol. The summed E-state index contributed by atoms with van der Waals surface area (Å²) in [4.78, 5) is 30.7. The Morgan fingerprint density at radius 2 is 2.07 bits per heavy atom. The fourth-order valence-corrected chi connectivity index (χ4v) is 4.71. The van der Waals surface area contributed by atoms with E-state index in [0.717, 1.165) is 17.5 Å². The number of rotatable bonds is 7. The van der Waals surface area contributed by atoms with Gasteiger partial charge in [-0.1, -0.05) is 18.2 Å². The maximum absolute atomic E-state index is 12.6. The van der Waals surface area contributed by atoms with Gasteiger partial charge in [0, 0.05) is 29.5 Å². The Morgan fingerprint density at radius 1 is 1.30 bits per heavy atom. The molecule has 1 fully saturated rings. The van der Waals surface area contributed by atoms with Crippen LogP contribution in [-0.2, 0) is 30.9 Å². The number of aromatic nitrogens is 1. The molecule has 0 bridgehead atoms. The molecule has 0 radical (unpaired) electrons. The van der Waals surface area contributed by atoms with Crippen molar-refractivity contribution in [2.45, 2.75) is 39.4 Å². The van der Waals surface area contributed by atoms with Crippen LogP contribution in [0.15, 0.2) is 28.7 Å². The highest BCUT2D eigenvalue weighted by Gasteiger charge is 2.30. The SMILES string of the molecule is CCOC(=O)[C@H]1CCCN(C(=O)C[S@@](=O)Cc2nc(-c3ccccc3C)oc2C)C1. The van der Waals surface area contributed by atoms with Gasteiger partial charge in [0.05, 0.1) is 24.0 Å². The highest BCUT2D eigenvalue weighted by Crippen LogP contribution is 2.25. The van der Waals surface area contributed by atoms with Crippen molar-refractivity contribution in [3.8, 4) is 11.5 Å². The second-order valence-electron chi connectivity index (χ2n) is 7.50. The third kappa shape index (κ3) is 5.36. The molecule has 0 unspecified atom stereocenters. The number of amides is 1. The first-order valence-electron chi connectivity index (χ1n) is 10.2. The number of hydrogen-bond acceptors (Lipinski definition) is 6. The topological polar surface area (TPSA) is 89.7 Å². The molecule has 1 aliphatic rings. The molecule has 7 nitrogen and oxygen atoms in total. The van der Waals surface area contributed by atoms with E-state index in [4.69, 9.17) is 9.15 Å². The van der Waals surface area contributed by atoms with Gasteiger partial charge in [0.25, 0.3) is 0 Å². The zero-order valence-electron chi connectivity index (χ0n) is 17.7. The number of nitrogens with zero attached hydrogens (tertiary/aromatic N) is 2. The molecule has 3 rings (SSSR count). The molecule has 1 saturated heterocycles. The van der Waals surface area contributed by atoms with Crippen molar-refractivity contribution in [3.05, 3.63) is 41.3 Å². The molecule has 30 heavy (non-hydrogen) atoms. The number of carbonyl (C=O) groups is 2. The van der Waals surface area contributed by atoms with Gasteiger partial charge in [-0.15, -0.1) is 0 Å². The van der Waals surface area contributed by atoms with Gasteiger partial charge in [-0.25, -0.2) is 4.98 Å². The summed E-state index contributed by atoms with van der Waals surface area (Å²) in [5.74, 6) is 0.391. The molecular formula is C22H28N2O5S. The van der Waals surface area contributed by atoms with Crippen LogP contribution in [0.5, 0.6) is 0 Å². The molecule has 1 aliphatic heterocycles. The molecule has 1 aromatic heterocycles. The third-order valence-electron chi connectivity index (χ3n) is 5.24. The molecule has 1 aromatic carbocycles. The largest absolute Gasteiger partial charge is 0.466 e. The number of carbonyl (C=O) groups excluding carboxylic acids is 2. The maximum Gasteiger partial charge on any atom is 0.310 e. The fraction of sp³-hybridized carbons (Fsp3) is 0.500. The molecule has 2 atom stereocenters. The summed E-state index contributed by atoms with van der Waals surface area (Å²) >= 11 is 0. The lowest BCUT2D eigenvalue weighted by Crippen LogP contribution is -2.44. The first kappa shape index (κ1) is 22.2. The zero-order valence-corrected chi connectivity index (χ0v) is 18.5. The van der Waals surface area contributed by atoms with Crippen LogP contribution in [0.2, 0.25) is 0 Å². The first-order valence-corrected chi connectivity index (χ1v) is 11.7. The average Bonchev–Trinajstić information content (AvgIpc) is 3.08. The third-order valence-corrected chi connectivity index (χ3v) is 6.41. The van der Waals surface area contributed by atoms with Gasteiger partial charge in [0.2, 0.25) is 11.8 Å². The number of oxazole rings is 1. The van der Waals surface area contributed by atoms with E-state index < -0.39 is 10.8 Å². The molecule has 0 saturated carbocycles. The van der Waals surface area contributed by atoms with Crippen LogP contribution in [0.3, 0.4) is 0 Å². The number of esters is 1. The van der Waals surface area contributed by atoms with E-state index in [0.29, 0.717) is 43.5 Å². The van der Waals surface area contributed by atoms with E-state index in [1.807, 2.05) is 31.2 Å². The molecule has 2 aromatic rings. The van der Waals surface area contributed by atoms with Crippen LogP contribution >= 0.6 is 0 Å². The van der Waals surface area contributed by atoms with Gasteiger partial charge in [-0.2, -0.15) is 0 Å². The molecule has 0 aliphatic carbocycles. The summed E-state index contributed by atoms with van der Waals surface area (Å²) in [6, 6.07) is 7.78. The van der Waals surface area contributed by atoms with Crippen molar-refractivity contribution in [2.24, 2.45) is 5.92 Å². The predicted molar refractivity (Wildman–Crippen MR) is 114 cm³/mol. The first-order chi connectivity index (χ1) is 14.4. The highest BCUT2D eigenvalue weighted by molar-refractivity contribution is 7.84. The van der Waals surface area contributed by atoms with Crippen molar-refractivity contribution >= 4 is 22.7 Å². The van der Waals surface area contributed by atoms with Gasteiger partial charge in [-0.3, -0.25) is 13.8 Å². The van der Waals surface area contributed by atoms with Gasteiger partial charge in [-0.05, 0) is 45.2 Å². The van der Waals surface area contributed by atoms with E-state index in [1.54, 1.807) is 18.7 Å².